The van der Waals surface area contributed by atoms with E-state index in [1.165, 1.54) is 0 Å². The molecule has 1 N–H and O–H groups in total. The Morgan fingerprint density at radius 2 is 1.50 bits per heavy atom. The summed E-state index contributed by atoms with van der Waals surface area (Å²) in [7, 11) is 0. The lowest BCUT2D eigenvalue weighted by Gasteiger charge is -2.25. The zero-order valence-electron chi connectivity index (χ0n) is 19.9. The van der Waals surface area contributed by atoms with Gasteiger partial charge in [0.15, 0.2) is 0 Å². The molecule has 6 rings (SSSR count). The Morgan fingerprint density at radius 1 is 0.737 bits per heavy atom. The van der Waals surface area contributed by atoms with Gasteiger partial charge in [0.1, 0.15) is 0 Å². The fourth-order valence-electron chi connectivity index (χ4n) is 4.71. The van der Waals surface area contributed by atoms with E-state index < -0.39 is 0 Å². The van der Waals surface area contributed by atoms with Crippen LogP contribution < -0.4 is 10.3 Å². The Morgan fingerprint density at radius 3 is 2.29 bits per heavy atom. The lowest BCUT2D eigenvalue weighted by molar-refractivity contribution is 0.709. The summed E-state index contributed by atoms with van der Waals surface area (Å²) in [6, 6.07) is 29.2. The highest BCUT2D eigenvalue weighted by Gasteiger charge is 2.30. The van der Waals surface area contributed by atoms with Gasteiger partial charge in [0.25, 0.3) is 0 Å². The SMILES string of the molecule is Clc1ccc(C2=NN(c3cc(Cl)cc(Cl)c3)C(c3cccc(Nc4ccnc5cc(Cl)ccc45)c3)C2)cc1. The third-order valence-electron chi connectivity index (χ3n) is 6.45. The second kappa shape index (κ2) is 10.5. The summed E-state index contributed by atoms with van der Waals surface area (Å²) in [5.74, 6) is 0. The van der Waals surface area contributed by atoms with Gasteiger partial charge >= 0.3 is 0 Å². The van der Waals surface area contributed by atoms with Crippen LogP contribution in [0, 0.1) is 0 Å². The largest absolute Gasteiger partial charge is 0.355 e. The minimum Gasteiger partial charge on any atom is -0.355 e. The molecule has 2 heterocycles. The summed E-state index contributed by atoms with van der Waals surface area (Å²) in [6.45, 7) is 0. The first-order chi connectivity index (χ1) is 18.4. The molecule has 38 heavy (non-hydrogen) atoms. The number of halogens is 4. The van der Waals surface area contributed by atoms with Gasteiger partial charge in [-0.1, -0.05) is 70.7 Å². The van der Waals surface area contributed by atoms with Crippen LogP contribution in [0.4, 0.5) is 17.1 Å². The second-order valence-corrected chi connectivity index (χ2v) is 10.8. The topological polar surface area (TPSA) is 40.5 Å². The maximum Gasteiger partial charge on any atom is 0.0832 e. The number of hydrogen-bond donors (Lipinski definition) is 1. The lowest BCUT2D eigenvalue weighted by Crippen LogP contribution is -2.18. The summed E-state index contributed by atoms with van der Waals surface area (Å²) >= 11 is 25.0. The number of aromatic nitrogens is 1. The molecule has 4 aromatic carbocycles. The molecule has 0 saturated carbocycles. The van der Waals surface area contributed by atoms with Crippen molar-refractivity contribution in [2.45, 2.75) is 12.5 Å². The van der Waals surface area contributed by atoms with Crippen LogP contribution in [0.1, 0.15) is 23.6 Å². The molecule has 188 valence electrons. The Bertz CT molecular complexity index is 1660. The van der Waals surface area contributed by atoms with Crippen LogP contribution in [0.3, 0.4) is 0 Å². The number of nitrogens with one attached hydrogen (secondary N) is 1. The van der Waals surface area contributed by atoms with Gasteiger partial charge in [0.05, 0.1) is 23.0 Å². The minimum absolute atomic E-state index is 0.0649. The normalized spacial score (nSPS) is 15.1. The van der Waals surface area contributed by atoms with Crippen LogP contribution in [0.5, 0.6) is 0 Å². The van der Waals surface area contributed by atoms with Crippen LogP contribution in [0.25, 0.3) is 10.9 Å². The van der Waals surface area contributed by atoms with Crippen LogP contribution >= 0.6 is 46.4 Å². The molecular formula is C30H20Cl4N4. The fourth-order valence-corrected chi connectivity index (χ4v) is 5.51. The van der Waals surface area contributed by atoms with Crippen molar-refractivity contribution in [2.75, 3.05) is 10.3 Å². The predicted molar refractivity (Wildman–Crippen MR) is 161 cm³/mol. The third-order valence-corrected chi connectivity index (χ3v) is 7.38. The molecule has 0 aliphatic carbocycles. The number of benzene rings is 4. The average molecular weight is 578 g/mol. The molecular weight excluding hydrogens is 558 g/mol. The molecule has 0 bridgehead atoms. The van der Waals surface area contributed by atoms with Crippen molar-refractivity contribution in [2.24, 2.45) is 5.10 Å². The van der Waals surface area contributed by atoms with Crippen molar-refractivity contribution in [3.05, 3.63) is 128 Å². The van der Waals surface area contributed by atoms with E-state index in [2.05, 4.69) is 22.4 Å². The van der Waals surface area contributed by atoms with E-state index in [-0.39, 0.29) is 6.04 Å². The minimum atomic E-state index is -0.0649. The number of hydrazone groups is 1. The van der Waals surface area contributed by atoms with E-state index in [1.54, 1.807) is 12.3 Å². The van der Waals surface area contributed by atoms with Crippen LogP contribution in [0.15, 0.2) is 102 Å². The summed E-state index contributed by atoms with van der Waals surface area (Å²) in [4.78, 5) is 4.45. The fraction of sp³-hybridized carbons (Fsp3) is 0.0667. The van der Waals surface area contributed by atoms with Gasteiger partial charge in [-0.15, -0.1) is 0 Å². The van der Waals surface area contributed by atoms with Gasteiger partial charge in [-0.2, -0.15) is 5.10 Å². The van der Waals surface area contributed by atoms with Crippen molar-refractivity contribution < 1.29 is 0 Å². The maximum atomic E-state index is 6.37. The van der Waals surface area contributed by atoms with E-state index in [9.17, 15) is 0 Å². The lowest BCUT2D eigenvalue weighted by atomic mass is 9.97. The van der Waals surface area contributed by atoms with E-state index in [1.807, 2.05) is 77.8 Å². The number of anilines is 3. The third kappa shape index (κ3) is 5.18. The highest BCUT2D eigenvalue weighted by atomic mass is 35.5. The zero-order valence-corrected chi connectivity index (χ0v) is 22.9. The van der Waals surface area contributed by atoms with Crippen LogP contribution in [0.2, 0.25) is 20.1 Å². The average Bonchev–Trinajstić information content (AvgIpc) is 3.34. The summed E-state index contributed by atoms with van der Waals surface area (Å²) in [5, 5.41) is 14.0. The van der Waals surface area contributed by atoms with Gasteiger partial charge in [0.2, 0.25) is 0 Å². The first kappa shape index (κ1) is 25.0. The van der Waals surface area contributed by atoms with Gasteiger partial charge in [0, 0.05) is 49.5 Å². The van der Waals surface area contributed by atoms with E-state index >= 15 is 0 Å². The molecule has 1 atom stereocenters. The maximum absolute atomic E-state index is 6.37. The number of rotatable bonds is 5. The summed E-state index contributed by atoms with van der Waals surface area (Å²) in [6.07, 6.45) is 2.48. The highest BCUT2D eigenvalue weighted by Crippen LogP contribution is 2.40. The smallest absolute Gasteiger partial charge is 0.0832 e. The summed E-state index contributed by atoms with van der Waals surface area (Å²) < 4.78 is 0. The molecule has 0 fully saturated rings. The molecule has 4 nitrogen and oxygen atoms in total. The predicted octanol–water partition coefficient (Wildman–Crippen LogP) is 9.95. The number of fused-ring (bicyclic) bond motifs is 1. The quantitative estimate of drug-likeness (QED) is 0.226. The van der Waals surface area contributed by atoms with Crippen molar-refractivity contribution in [3.8, 4) is 0 Å². The van der Waals surface area contributed by atoms with Gasteiger partial charge in [-0.05, 0) is 77.9 Å². The van der Waals surface area contributed by atoms with Crippen molar-refractivity contribution in [1.82, 2.24) is 4.98 Å². The zero-order chi connectivity index (χ0) is 26.2. The number of nitrogens with zero attached hydrogens (tertiary/aromatic N) is 3. The Hall–Kier alpha value is -3.28. The molecule has 1 aliphatic rings. The van der Waals surface area contributed by atoms with Gasteiger partial charge < -0.3 is 5.32 Å². The van der Waals surface area contributed by atoms with Crippen molar-refractivity contribution in [1.29, 1.82) is 0 Å². The Balaban J connectivity index is 1.37. The van der Waals surface area contributed by atoms with Crippen molar-refractivity contribution in [3.63, 3.8) is 0 Å². The standard InChI is InChI=1S/C30H20Cl4N4/c31-20-6-4-18(5-7-20)28-17-30(38(37-28)25-14-22(33)13-23(34)15-25)19-2-1-3-24(12-19)36-27-10-11-35-29-16-21(32)8-9-26(27)29/h1-16,30H,17H2,(H,35,36). The Labute approximate surface area is 240 Å². The van der Waals surface area contributed by atoms with Crippen LogP contribution in [-0.4, -0.2) is 10.7 Å². The molecule has 0 saturated heterocycles. The summed E-state index contributed by atoms with van der Waals surface area (Å²) in [5.41, 5.74) is 6.64. The van der Waals surface area contributed by atoms with Gasteiger partial charge in [-0.25, -0.2) is 0 Å². The molecule has 1 aliphatic heterocycles. The number of pyridine rings is 1. The molecule has 1 aromatic heterocycles. The monoisotopic (exact) mass is 576 g/mol. The second-order valence-electron chi connectivity index (χ2n) is 9.02. The van der Waals surface area contributed by atoms with Crippen LogP contribution in [-0.2, 0) is 0 Å². The molecule has 0 spiro atoms. The molecule has 5 aromatic rings. The molecule has 8 heteroatoms. The van der Waals surface area contributed by atoms with E-state index in [0.717, 1.165) is 44.8 Å². The van der Waals surface area contributed by atoms with Gasteiger partial charge in [-0.3, -0.25) is 9.99 Å². The first-order valence-corrected chi connectivity index (χ1v) is 13.4. The first-order valence-electron chi connectivity index (χ1n) is 11.9. The van der Waals surface area contributed by atoms with E-state index in [0.29, 0.717) is 26.5 Å². The van der Waals surface area contributed by atoms with E-state index in [4.69, 9.17) is 51.5 Å². The molecule has 0 radical (unpaired) electrons. The molecule has 0 amide bonds. The van der Waals surface area contributed by atoms with Crippen molar-refractivity contribution >= 4 is 80.1 Å². The highest BCUT2D eigenvalue weighted by molar-refractivity contribution is 6.35. The number of hydrogen-bond acceptors (Lipinski definition) is 4. The Kier molecular flexibility index (Phi) is 6.89. The molecule has 1 unspecified atom stereocenters.